The van der Waals surface area contributed by atoms with E-state index in [1.165, 1.54) is 36.1 Å². The Kier molecular flexibility index (Phi) is 4.17. The van der Waals surface area contributed by atoms with Crippen LogP contribution in [0.3, 0.4) is 0 Å². The zero-order chi connectivity index (χ0) is 21.9. The number of rotatable bonds is 3. The summed E-state index contributed by atoms with van der Waals surface area (Å²) in [6, 6.07) is 4.82. The topological polar surface area (TPSA) is 92.9 Å². The Morgan fingerprint density at radius 1 is 1.13 bits per heavy atom. The largest absolute Gasteiger partial charge is 0.428 e. The zero-order valence-corrected chi connectivity index (χ0v) is 15.1. The van der Waals surface area contributed by atoms with Crippen molar-refractivity contribution in [2.75, 3.05) is 5.32 Å². The van der Waals surface area contributed by atoms with Crippen molar-refractivity contribution in [2.24, 2.45) is 0 Å². The smallest absolute Gasteiger partial charge is 0.371 e. The SMILES string of the molecule is Cc1ccc(NC(=O)c2ccc(-n3ccnc3)nn2)c2c1C(F)(F)C2(O)C(F)(F)F. The van der Waals surface area contributed by atoms with E-state index in [0.717, 1.165) is 12.1 Å². The molecule has 0 radical (unpaired) electrons. The Morgan fingerprint density at radius 2 is 1.87 bits per heavy atom. The van der Waals surface area contributed by atoms with Gasteiger partial charge in [-0.2, -0.15) is 22.0 Å². The van der Waals surface area contributed by atoms with Gasteiger partial charge in [0.1, 0.15) is 6.33 Å². The van der Waals surface area contributed by atoms with Crippen LogP contribution in [0.4, 0.5) is 27.6 Å². The molecule has 0 fully saturated rings. The average Bonchev–Trinajstić information content (AvgIpc) is 3.22. The monoisotopic (exact) mass is 425 g/mol. The van der Waals surface area contributed by atoms with Crippen molar-refractivity contribution in [3.05, 3.63) is 65.4 Å². The van der Waals surface area contributed by atoms with E-state index in [1.807, 2.05) is 0 Å². The molecule has 12 heteroatoms. The molecular formula is C18H12F5N5O2. The van der Waals surface area contributed by atoms with E-state index in [2.05, 4.69) is 20.5 Å². The van der Waals surface area contributed by atoms with Crippen molar-refractivity contribution in [1.82, 2.24) is 19.7 Å². The molecule has 0 bridgehead atoms. The number of amides is 1. The second kappa shape index (κ2) is 6.29. The number of benzene rings is 1. The Morgan fingerprint density at radius 3 is 2.43 bits per heavy atom. The van der Waals surface area contributed by atoms with Crippen molar-refractivity contribution in [3.8, 4) is 5.82 Å². The number of hydrogen-bond acceptors (Lipinski definition) is 5. The summed E-state index contributed by atoms with van der Waals surface area (Å²) in [5.41, 5.74) is -7.48. The minimum atomic E-state index is -5.66. The summed E-state index contributed by atoms with van der Waals surface area (Å²) in [5.74, 6) is -5.21. The first-order valence-corrected chi connectivity index (χ1v) is 8.43. The summed E-state index contributed by atoms with van der Waals surface area (Å²) in [6.07, 6.45) is -1.15. The number of anilines is 1. The molecule has 1 amide bonds. The molecule has 1 unspecified atom stereocenters. The van der Waals surface area contributed by atoms with Gasteiger partial charge in [-0.3, -0.25) is 9.36 Å². The van der Waals surface area contributed by atoms with Crippen molar-refractivity contribution in [1.29, 1.82) is 0 Å². The van der Waals surface area contributed by atoms with Crippen LogP contribution in [0.15, 0.2) is 43.0 Å². The van der Waals surface area contributed by atoms with E-state index in [9.17, 15) is 31.9 Å². The summed E-state index contributed by atoms with van der Waals surface area (Å²) in [5, 5.41) is 19.5. The first kappa shape index (κ1) is 19.9. The fourth-order valence-corrected chi connectivity index (χ4v) is 3.35. The Balaban J connectivity index is 1.69. The van der Waals surface area contributed by atoms with Gasteiger partial charge in [0, 0.05) is 29.2 Å². The van der Waals surface area contributed by atoms with Gasteiger partial charge in [-0.1, -0.05) is 6.07 Å². The second-order valence-corrected chi connectivity index (χ2v) is 6.66. The third kappa shape index (κ3) is 2.60. The molecule has 1 aromatic carbocycles. The molecule has 0 spiro atoms. The molecule has 156 valence electrons. The molecule has 2 N–H and O–H groups in total. The van der Waals surface area contributed by atoms with Crippen LogP contribution < -0.4 is 5.32 Å². The lowest BCUT2D eigenvalue weighted by molar-refractivity contribution is -0.363. The van der Waals surface area contributed by atoms with Gasteiger partial charge >= 0.3 is 12.1 Å². The highest BCUT2D eigenvalue weighted by atomic mass is 19.4. The van der Waals surface area contributed by atoms with Gasteiger partial charge < -0.3 is 10.4 Å². The molecule has 0 saturated carbocycles. The van der Waals surface area contributed by atoms with Gasteiger partial charge in [0.05, 0.1) is 0 Å². The molecule has 1 aliphatic rings. The fourth-order valence-electron chi connectivity index (χ4n) is 3.35. The molecular weight excluding hydrogens is 413 g/mol. The zero-order valence-electron chi connectivity index (χ0n) is 15.1. The van der Waals surface area contributed by atoms with Gasteiger partial charge in [0.2, 0.25) is 0 Å². The molecule has 0 aliphatic heterocycles. The summed E-state index contributed by atoms with van der Waals surface area (Å²) < 4.78 is 70.0. The maximum atomic E-state index is 14.2. The number of halogens is 5. The first-order chi connectivity index (χ1) is 14.0. The highest BCUT2D eigenvalue weighted by molar-refractivity contribution is 6.03. The molecule has 3 aromatic rings. The quantitative estimate of drug-likeness (QED) is 0.630. The van der Waals surface area contributed by atoms with Crippen LogP contribution in [0.25, 0.3) is 5.82 Å². The Hall–Kier alpha value is -3.41. The molecule has 0 saturated heterocycles. The summed E-state index contributed by atoms with van der Waals surface area (Å²) in [4.78, 5) is 16.3. The fraction of sp³-hybridized carbons (Fsp3) is 0.222. The summed E-state index contributed by atoms with van der Waals surface area (Å²) in [7, 11) is 0. The lowest BCUT2D eigenvalue weighted by atomic mass is 9.66. The van der Waals surface area contributed by atoms with Crippen molar-refractivity contribution in [3.63, 3.8) is 0 Å². The number of carbonyl (C=O) groups excluding carboxylic acids is 1. The Labute approximate surface area is 165 Å². The van der Waals surface area contributed by atoms with E-state index >= 15 is 0 Å². The number of carbonyl (C=O) groups is 1. The first-order valence-electron chi connectivity index (χ1n) is 8.43. The summed E-state index contributed by atoms with van der Waals surface area (Å²) in [6.45, 7) is 1.19. The number of aliphatic hydroxyl groups is 1. The number of alkyl halides is 5. The van der Waals surface area contributed by atoms with Crippen LogP contribution in [0.1, 0.15) is 27.2 Å². The predicted octanol–water partition coefficient (Wildman–Crippen LogP) is 3.08. The third-order valence-corrected chi connectivity index (χ3v) is 4.85. The van der Waals surface area contributed by atoms with Gasteiger partial charge in [-0.15, -0.1) is 10.2 Å². The number of hydrogen-bond donors (Lipinski definition) is 2. The van der Waals surface area contributed by atoms with Gasteiger partial charge in [0.25, 0.3) is 11.5 Å². The maximum Gasteiger partial charge on any atom is 0.428 e. The maximum absolute atomic E-state index is 14.2. The minimum absolute atomic E-state index is 0.147. The van der Waals surface area contributed by atoms with E-state index in [4.69, 9.17) is 0 Å². The van der Waals surface area contributed by atoms with Crippen LogP contribution >= 0.6 is 0 Å². The molecule has 1 atom stereocenters. The highest BCUT2D eigenvalue weighted by Crippen LogP contribution is 2.66. The van der Waals surface area contributed by atoms with Crippen LogP contribution in [-0.2, 0) is 11.5 Å². The van der Waals surface area contributed by atoms with E-state index in [1.54, 1.807) is 6.20 Å². The average molecular weight is 425 g/mol. The lowest BCUT2D eigenvalue weighted by Crippen LogP contribution is -2.62. The standard InChI is InChI=1S/C18H12F5N5O2/c1-9-2-3-10(14-13(9)17(19,20)16(14,30)18(21,22)23)25-15(29)11-4-5-12(27-26-11)28-7-6-24-8-28/h2-8,30H,1H3,(H,25,29). The molecule has 4 rings (SSSR count). The second-order valence-electron chi connectivity index (χ2n) is 6.66. The number of nitrogens with one attached hydrogen (secondary N) is 1. The molecule has 2 heterocycles. The van der Waals surface area contributed by atoms with Gasteiger partial charge in [-0.05, 0) is 30.7 Å². The van der Waals surface area contributed by atoms with Gasteiger partial charge in [-0.25, -0.2) is 4.98 Å². The predicted molar refractivity (Wildman–Crippen MR) is 92.1 cm³/mol. The number of nitrogens with zero attached hydrogens (tertiary/aromatic N) is 4. The van der Waals surface area contributed by atoms with Crippen LogP contribution in [0, 0.1) is 6.92 Å². The van der Waals surface area contributed by atoms with E-state index < -0.39 is 40.4 Å². The van der Waals surface area contributed by atoms with E-state index in [0.29, 0.717) is 5.82 Å². The third-order valence-electron chi connectivity index (χ3n) is 4.85. The van der Waals surface area contributed by atoms with Crippen molar-refractivity contribution < 1.29 is 31.9 Å². The lowest BCUT2D eigenvalue weighted by Gasteiger charge is -2.48. The van der Waals surface area contributed by atoms with E-state index in [-0.39, 0.29) is 11.3 Å². The number of aromatic nitrogens is 4. The normalized spacial score (nSPS) is 19.7. The number of imidazole rings is 1. The van der Waals surface area contributed by atoms with Crippen LogP contribution in [0.2, 0.25) is 0 Å². The van der Waals surface area contributed by atoms with Crippen molar-refractivity contribution >= 4 is 11.6 Å². The van der Waals surface area contributed by atoms with Crippen LogP contribution in [0.5, 0.6) is 0 Å². The van der Waals surface area contributed by atoms with Crippen LogP contribution in [-0.4, -0.2) is 36.9 Å². The molecule has 30 heavy (non-hydrogen) atoms. The van der Waals surface area contributed by atoms with Gasteiger partial charge in [0.15, 0.2) is 11.5 Å². The Bertz CT molecular complexity index is 1130. The minimum Gasteiger partial charge on any atom is -0.371 e. The summed E-state index contributed by atoms with van der Waals surface area (Å²) >= 11 is 0. The van der Waals surface area contributed by atoms with Crippen molar-refractivity contribution in [2.45, 2.75) is 24.6 Å². The molecule has 2 aromatic heterocycles. The molecule has 7 nitrogen and oxygen atoms in total. The highest BCUT2D eigenvalue weighted by Gasteiger charge is 2.79. The number of aryl methyl sites for hydroxylation is 1. The number of fused-ring (bicyclic) bond motifs is 1. The molecule has 1 aliphatic carbocycles.